The fourth-order valence-corrected chi connectivity index (χ4v) is 2.28. The van der Waals surface area contributed by atoms with Gasteiger partial charge in [0.1, 0.15) is 0 Å². The molecule has 2 aromatic rings. The summed E-state index contributed by atoms with van der Waals surface area (Å²) in [7, 11) is 4.66. The lowest BCUT2D eigenvalue weighted by molar-refractivity contribution is 0.0676. The third kappa shape index (κ3) is 4.04. The number of carbonyl (C=O) groups is 1. The molecule has 1 aromatic heterocycles. The molecule has 1 aromatic carbocycles. The van der Waals surface area contributed by atoms with Crippen molar-refractivity contribution in [3.05, 3.63) is 47.9 Å². The van der Waals surface area contributed by atoms with Crippen molar-refractivity contribution in [2.24, 2.45) is 0 Å². The predicted octanol–water partition coefficient (Wildman–Crippen LogP) is 2.59. The van der Waals surface area contributed by atoms with Gasteiger partial charge in [0.25, 0.3) is 5.91 Å². The number of para-hydroxylation sites is 1. The zero-order valence-corrected chi connectivity index (χ0v) is 13.6. The summed E-state index contributed by atoms with van der Waals surface area (Å²) in [5.41, 5.74) is 1.36. The van der Waals surface area contributed by atoms with Crippen molar-refractivity contribution < 1.29 is 23.4 Å². The first-order valence-electron chi connectivity index (χ1n) is 7.21. The van der Waals surface area contributed by atoms with Crippen molar-refractivity contribution in [2.75, 3.05) is 34.5 Å². The maximum Gasteiger partial charge on any atom is 0.258 e. The second kappa shape index (κ2) is 8.24. The summed E-state index contributed by atoms with van der Waals surface area (Å²) in [5.74, 6) is 0.793. The number of benzene rings is 1. The van der Waals surface area contributed by atoms with Crippen LogP contribution in [0.3, 0.4) is 0 Å². The maximum absolute atomic E-state index is 12.9. The Hall–Kier alpha value is -2.47. The topological polar surface area (TPSA) is 61.1 Å². The molecule has 0 aliphatic rings. The molecule has 2 rings (SSSR count). The molecule has 1 amide bonds. The van der Waals surface area contributed by atoms with Crippen LogP contribution >= 0.6 is 0 Å². The lowest BCUT2D eigenvalue weighted by Gasteiger charge is -2.23. The molecule has 0 fully saturated rings. The third-order valence-corrected chi connectivity index (χ3v) is 3.44. The van der Waals surface area contributed by atoms with Gasteiger partial charge in [-0.15, -0.1) is 0 Å². The van der Waals surface area contributed by atoms with Crippen LogP contribution < -0.4 is 9.47 Å². The van der Waals surface area contributed by atoms with E-state index in [1.807, 2.05) is 6.07 Å². The van der Waals surface area contributed by atoms with Gasteiger partial charge in [-0.25, -0.2) is 0 Å². The van der Waals surface area contributed by atoms with Crippen LogP contribution in [0.25, 0.3) is 0 Å². The largest absolute Gasteiger partial charge is 0.493 e. The number of nitrogens with zero attached hydrogens (tertiary/aromatic N) is 1. The average molecular weight is 319 g/mol. The highest BCUT2D eigenvalue weighted by Gasteiger charge is 2.22. The summed E-state index contributed by atoms with van der Waals surface area (Å²) in [6, 6.07) is 7.07. The summed E-state index contributed by atoms with van der Waals surface area (Å²) >= 11 is 0. The van der Waals surface area contributed by atoms with Crippen LogP contribution in [0.5, 0.6) is 11.5 Å². The van der Waals surface area contributed by atoms with Gasteiger partial charge >= 0.3 is 0 Å². The average Bonchev–Trinajstić information content (AvgIpc) is 3.10. The van der Waals surface area contributed by atoms with Gasteiger partial charge in [0.2, 0.25) is 0 Å². The fourth-order valence-electron chi connectivity index (χ4n) is 2.28. The molecule has 0 atom stereocenters. The molecule has 124 valence electrons. The monoisotopic (exact) mass is 319 g/mol. The number of rotatable bonds is 8. The van der Waals surface area contributed by atoms with Gasteiger partial charge < -0.3 is 23.5 Å². The van der Waals surface area contributed by atoms with Crippen LogP contribution in [0, 0.1) is 0 Å². The highest BCUT2D eigenvalue weighted by Crippen LogP contribution is 2.31. The molecule has 6 heteroatoms. The van der Waals surface area contributed by atoms with Crippen LogP contribution in [0.2, 0.25) is 0 Å². The normalized spacial score (nSPS) is 10.4. The van der Waals surface area contributed by atoms with E-state index in [0.29, 0.717) is 36.8 Å². The van der Waals surface area contributed by atoms with E-state index in [0.717, 1.165) is 5.56 Å². The van der Waals surface area contributed by atoms with Crippen molar-refractivity contribution in [3.8, 4) is 11.5 Å². The first-order valence-corrected chi connectivity index (χ1v) is 7.21. The first kappa shape index (κ1) is 16.9. The van der Waals surface area contributed by atoms with E-state index < -0.39 is 0 Å². The Bertz CT molecular complexity index is 624. The second-order valence-electron chi connectivity index (χ2n) is 4.89. The van der Waals surface area contributed by atoms with Crippen LogP contribution in [0.4, 0.5) is 0 Å². The molecule has 0 bridgehead atoms. The molecular weight excluding hydrogens is 298 g/mol. The number of carbonyl (C=O) groups excluding carboxylic acids is 1. The van der Waals surface area contributed by atoms with E-state index in [9.17, 15) is 4.79 Å². The third-order valence-electron chi connectivity index (χ3n) is 3.44. The van der Waals surface area contributed by atoms with Crippen molar-refractivity contribution in [1.29, 1.82) is 0 Å². The van der Waals surface area contributed by atoms with Gasteiger partial charge in [0.15, 0.2) is 11.5 Å². The number of furan rings is 1. The van der Waals surface area contributed by atoms with Gasteiger partial charge in [-0.2, -0.15) is 0 Å². The Morgan fingerprint density at radius 2 is 2.00 bits per heavy atom. The Kier molecular flexibility index (Phi) is 6.05. The fraction of sp³-hybridized carbons (Fsp3) is 0.353. The van der Waals surface area contributed by atoms with Crippen LogP contribution in [-0.4, -0.2) is 45.3 Å². The van der Waals surface area contributed by atoms with Crippen LogP contribution in [0.15, 0.2) is 41.2 Å². The van der Waals surface area contributed by atoms with E-state index >= 15 is 0 Å². The van der Waals surface area contributed by atoms with Crippen molar-refractivity contribution >= 4 is 5.91 Å². The molecule has 0 aliphatic carbocycles. The standard InChI is InChI=1S/C17H21NO5/c1-20-10-8-18(11-13-7-9-23-12-13)17(19)14-5-4-6-15(21-2)16(14)22-3/h4-7,9,12H,8,10-11H2,1-3H3. The molecule has 1 heterocycles. The minimum absolute atomic E-state index is 0.154. The highest BCUT2D eigenvalue weighted by atomic mass is 16.5. The molecule has 0 saturated carbocycles. The van der Waals surface area contributed by atoms with Gasteiger partial charge in [0, 0.05) is 25.8 Å². The van der Waals surface area contributed by atoms with Gasteiger partial charge in [-0.05, 0) is 18.2 Å². The minimum atomic E-state index is -0.154. The first-order chi connectivity index (χ1) is 11.2. The van der Waals surface area contributed by atoms with Gasteiger partial charge in [-0.3, -0.25) is 4.79 Å². The molecule has 6 nitrogen and oxygen atoms in total. The van der Waals surface area contributed by atoms with E-state index in [1.54, 1.807) is 49.8 Å². The van der Waals surface area contributed by atoms with E-state index in [4.69, 9.17) is 18.6 Å². The van der Waals surface area contributed by atoms with Gasteiger partial charge in [0.05, 0.1) is 38.9 Å². The van der Waals surface area contributed by atoms with E-state index in [1.165, 1.54) is 7.11 Å². The number of methoxy groups -OCH3 is 3. The molecular formula is C17H21NO5. The summed E-state index contributed by atoms with van der Waals surface area (Å²) in [5, 5.41) is 0. The Morgan fingerprint density at radius 1 is 1.17 bits per heavy atom. The number of hydrogen-bond donors (Lipinski definition) is 0. The Balaban J connectivity index is 2.29. The van der Waals surface area contributed by atoms with Crippen LogP contribution in [0.1, 0.15) is 15.9 Å². The summed E-state index contributed by atoms with van der Waals surface area (Å²) in [4.78, 5) is 14.6. The Labute approximate surface area is 135 Å². The zero-order valence-electron chi connectivity index (χ0n) is 13.6. The molecule has 23 heavy (non-hydrogen) atoms. The van der Waals surface area contributed by atoms with Crippen molar-refractivity contribution in [1.82, 2.24) is 4.90 Å². The molecule has 0 unspecified atom stereocenters. The quantitative estimate of drug-likeness (QED) is 0.748. The molecule has 0 radical (unpaired) electrons. The smallest absolute Gasteiger partial charge is 0.258 e. The van der Waals surface area contributed by atoms with E-state index in [2.05, 4.69) is 0 Å². The van der Waals surface area contributed by atoms with Crippen molar-refractivity contribution in [2.45, 2.75) is 6.54 Å². The van der Waals surface area contributed by atoms with Crippen LogP contribution in [-0.2, 0) is 11.3 Å². The van der Waals surface area contributed by atoms with Gasteiger partial charge in [-0.1, -0.05) is 6.07 Å². The Morgan fingerprint density at radius 3 is 2.61 bits per heavy atom. The highest BCUT2D eigenvalue weighted by molar-refractivity contribution is 5.97. The zero-order chi connectivity index (χ0) is 16.7. The lowest BCUT2D eigenvalue weighted by Crippen LogP contribution is -2.33. The summed E-state index contributed by atoms with van der Waals surface area (Å²) < 4.78 is 20.8. The molecule has 0 aliphatic heterocycles. The molecule has 0 spiro atoms. The SMILES string of the molecule is COCCN(Cc1ccoc1)C(=O)c1cccc(OC)c1OC. The predicted molar refractivity (Wildman–Crippen MR) is 84.9 cm³/mol. The summed E-state index contributed by atoms with van der Waals surface area (Å²) in [6.07, 6.45) is 3.20. The van der Waals surface area contributed by atoms with Crippen molar-refractivity contribution in [3.63, 3.8) is 0 Å². The summed E-state index contributed by atoms with van der Waals surface area (Å²) in [6.45, 7) is 1.33. The second-order valence-corrected chi connectivity index (χ2v) is 4.89. The number of amides is 1. The number of hydrogen-bond acceptors (Lipinski definition) is 5. The van der Waals surface area contributed by atoms with E-state index in [-0.39, 0.29) is 5.91 Å². The molecule has 0 N–H and O–H groups in total. The maximum atomic E-state index is 12.9. The minimum Gasteiger partial charge on any atom is -0.493 e. The number of ether oxygens (including phenoxy) is 3. The lowest BCUT2D eigenvalue weighted by atomic mass is 10.1. The molecule has 0 saturated heterocycles.